The van der Waals surface area contributed by atoms with Gasteiger partial charge in [-0.3, -0.25) is 4.79 Å². The summed E-state index contributed by atoms with van der Waals surface area (Å²) < 4.78 is 4.71. The van der Waals surface area contributed by atoms with Crippen molar-refractivity contribution in [3.05, 3.63) is 46.4 Å². The first kappa shape index (κ1) is 19.7. The normalized spacial score (nSPS) is 10.3. The predicted molar refractivity (Wildman–Crippen MR) is 100 cm³/mol. The van der Waals surface area contributed by atoms with Crippen LogP contribution in [0.4, 0.5) is 11.5 Å². The molecule has 7 nitrogen and oxygen atoms in total. The van der Waals surface area contributed by atoms with Gasteiger partial charge in [0.1, 0.15) is 17.3 Å². The molecule has 1 aromatic heterocycles. The average Bonchev–Trinajstić information content (AvgIpc) is 2.62. The first-order chi connectivity index (χ1) is 12.4. The fraction of sp³-hybridized carbons (Fsp3) is 0.333. The van der Waals surface area contributed by atoms with Crippen LogP contribution in [0.25, 0.3) is 0 Å². The van der Waals surface area contributed by atoms with Crippen molar-refractivity contribution in [2.75, 3.05) is 19.0 Å². The summed E-state index contributed by atoms with van der Waals surface area (Å²) in [6, 6.07) is 6.25. The zero-order valence-electron chi connectivity index (χ0n) is 14.9. The number of ether oxygens (including phenoxy) is 1. The molecule has 0 radical (unpaired) electrons. The van der Waals surface area contributed by atoms with Gasteiger partial charge in [-0.2, -0.15) is 0 Å². The second kappa shape index (κ2) is 9.15. The third-order valence-electron chi connectivity index (χ3n) is 3.54. The van der Waals surface area contributed by atoms with Gasteiger partial charge in [-0.05, 0) is 31.5 Å². The lowest BCUT2D eigenvalue weighted by Gasteiger charge is -2.11. The van der Waals surface area contributed by atoms with E-state index in [0.29, 0.717) is 34.5 Å². The maximum Gasteiger partial charge on any atom is 0.337 e. The Hall–Kier alpha value is -2.67. The molecular weight excluding hydrogens is 356 g/mol. The number of hydrogen-bond acceptors (Lipinski definition) is 6. The van der Waals surface area contributed by atoms with Crippen LogP contribution in [0.1, 0.15) is 46.4 Å². The predicted octanol–water partition coefficient (Wildman–Crippen LogP) is 3.50. The number of carbonyl (C=O) groups excluding carboxylic acids is 2. The first-order valence-electron chi connectivity index (χ1n) is 8.23. The number of hydrogen-bond donors (Lipinski definition) is 2. The summed E-state index contributed by atoms with van der Waals surface area (Å²) in [6.07, 6.45) is 1.89. The van der Waals surface area contributed by atoms with Gasteiger partial charge in [0.2, 0.25) is 0 Å². The van der Waals surface area contributed by atoms with Gasteiger partial charge in [0, 0.05) is 12.6 Å². The van der Waals surface area contributed by atoms with Crippen molar-refractivity contribution < 1.29 is 14.3 Å². The van der Waals surface area contributed by atoms with Crippen molar-refractivity contribution >= 4 is 35.0 Å². The van der Waals surface area contributed by atoms with Gasteiger partial charge < -0.3 is 15.4 Å². The molecule has 0 spiro atoms. The monoisotopic (exact) mass is 376 g/mol. The van der Waals surface area contributed by atoms with Crippen LogP contribution in [-0.4, -0.2) is 35.5 Å². The van der Waals surface area contributed by atoms with Crippen LogP contribution < -0.4 is 10.6 Å². The van der Waals surface area contributed by atoms with Crippen molar-refractivity contribution in [1.29, 1.82) is 0 Å². The molecule has 0 aliphatic carbocycles. The van der Waals surface area contributed by atoms with E-state index < -0.39 is 5.97 Å². The fourth-order valence-corrected chi connectivity index (χ4v) is 2.39. The topological polar surface area (TPSA) is 93.2 Å². The standard InChI is InChI=1S/C18H21ClN4O3/c1-4-5-8-20-17(24)15-10-16(22-11(2)21-15)23-14-9-12(18(25)26-3)6-7-13(14)19/h6-7,9-10H,4-5,8H2,1-3H3,(H,20,24)(H,21,22,23). The lowest BCUT2D eigenvalue weighted by molar-refractivity contribution is 0.0600. The Morgan fingerprint density at radius 2 is 2.00 bits per heavy atom. The zero-order valence-corrected chi connectivity index (χ0v) is 15.7. The highest BCUT2D eigenvalue weighted by molar-refractivity contribution is 6.33. The number of aromatic nitrogens is 2. The van der Waals surface area contributed by atoms with E-state index >= 15 is 0 Å². The van der Waals surface area contributed by atoms with Gasteiger partial charge >= 0.3 is 5.97 Å². The van der Waals surface area contributed by atoms with Crippen molar-refractivity contribution in [2.45, 2.75) is 26.7 Å². The van der Waals surface area contributed by atoms with E-state index in [1.165, 1.54) is 13.2 Å². The third kappa shape index (κ3) is 5.16. The highest BCUT2D eigenvalue weighted by atomic mass is 35.5. The number of halogens is 1. The van der Waals surface area contributed by atoms with Crippen LogP contribution in [0.3, 0.4) is 0 Å². The highest BCUT2D eigenvalue weighted by Gasteiger charge is 2.13. The molecule has 0 bridgehead atoms. The Balaban J connectivity index is 2.24. The Morgan fingerprint density at radius 3 is 2.69 bits per heavy atom. The number of rotatable bonds is 7. The molecule has 0 saturated heterocycles. The van der Waals surface area contributed by atoms with Gasteiger partial charge in [-0.15, -0.1) is 0 Å². The minimum atomic E-state index is -0.473. The molecule has 26 heavy (non-hydrogen) atoms. The van der Waals surface area contributed by atoms with E-state index in [1.807, 2.05) is 0 Å². The van der Waals surface area contributed by atoms with Gasteiger partial charge in [-0.25, -0.2) is 14.8 Å². The SMILES string of the molecule is CCCCNC(=O)c1cc(Nc2cc(C(=O)OC)ccc2Cl)nc(C)n1. The number of methoxy groups -OCH3 is 1. The van der Waals surface area contributed by atoms with Crippen LogP contribution in [0, 0.1) is 6.92 Å². The maximum atomic E-state index is 12.2. The van der Waals surface area contributed by atoms with Crippen molar-refractivity contribution in [3.8, 4) is 0 Å². The average molecular weight is 377 g/mol. The lowest BCUT2D eigenvalue weighted by atomic mass is 10.2. The fourth-order valence-electron chi connectivity index (χ4n) is 2.22. The first-order valence-corrected chi connectivity index (χ1v) is 8.61. The second-order valence-electron chi connectivity index (χ2n) is 5.61. The molecule has 0 atom stereocenters. The largest absolute Gasteiger partial charge is 0.465 e. The Kier molecular flexibility index (Phi) is 6.91. The summed E-state index contributed by atoms with van der Waals surface area (Å²) in [5.41, 5.74) is 1.09. The minimum Gasteiger partial charge on any atom is -0.465 e. The van der Waals surface area contributed by atoms with Crippen molar-refractivity contribution in [3.63, 3.8) is 0 Å². The van der Waals surface area contributed by atoms with Gasteiger partial charge in [0.25, 0.3) is 5.91 Å². The Morgan fingerprint density at radius 1 is 1.23 bits per heavy atom. The molecule has 0 aliphatic rings. The van der Waals surface area contributed by atoms with Crippen LogP contribution in [0.15, 0.2) is 24.3 Å². The van der Waals surface area contributed by atoms with Crippen LogP contribution in [-0.2, 0) is 4.74 Å². The molecule has 2 N–H and O–H groups in total. The molecule has 2 rings (SSSR count). The van der Waals surface area contributed by atoms with E-state index in [4.69, 9.17) is 16.3 Å². The van der Waals surface area contributed by atoms with E-state index in [0.717, 1.165) is 12.8 Å². The number of benzene rings is 1. The van der Waals surface area contributed by atoms with Crippen LogP contribution >= 0.6 is 11.6 Å². The number of amides is 1. The summed E-state index contributed by atoms with van der Waals surface area (Å²) >= 11 is 6.18. The number of nitrogens with one attached hydrogen (secondary N) is 2. The van der Waals surface area contributed by atoms with Crippen molar-refractivity contribution in [2.24, 2.45) is 0 Å². The van der Waals surface area contributed by atoms with Gasteiger partial charge in [0.15, 0.2) is 0 Å². The smallest absolute Gasteiger partial charge is 0.337 e. The van der Waals surface area contributed by atoms with Crippen LogP contribution in [0.2, 0.25) is 5.02 Å². The van der Waals surface area contributed by atoms with Gasteiger partial charge in [-0.1, -0.05) is 24.9 Å². The number of unbranched alkanes of at least 4 members (excludes halogenated alkanes) is 1. The number of esters is 1. The number of aryl methyl sites for hydroxylation is 1. The molecule has 1 amide bonds. The second-order valence-corrected chi connectivity index (χ2v) is 6.01. The van der Waals surface area contributed by atoms with Crippen LogP contribution in [0.5, 0.6) is 0 Å². The van der Waals surface area contributed by atoms with E-state index in [9.17, 15) is 9.59 Å². The van der Waals surface area contributed by atoms with Gasteiger partial charge in [0.05, 0.1) is 23.4 Å². The third-order valence-corrected chi connectivity index (χ3v) is 3.87. The molecule has 2 aromatic rings. The molecule has 1 heterocycles. The molecular formula is C18H21ClN4O3. The molecule has 0 fully saturated rings. The maximum absolute atomic E-state index is 12.2. The van der Waals surface area contributed by atoms with E-state index in [-0.39, 0.29) is 11.6 Å². The summed E-state index contributed by atoms with van der Waals surface area (Å²) in [7, 11) is 1.31. The summed E-state index contributed by atoms with van der Waals surface area (Å²) in [4.78, 5) is 32.3. The highest BCUT2D eigenvalue weighted by Crippen LogP contribution is 2.26. The van der Waals surface area contributed by atoms with E-state index in [2.05, 4.69) is 27.5 Å². The number of nitrogens with zero attached hydrogens (tertiary/aromatic N) is 2. The molecule has 0 unspecified atom stereocenters. The summed E-state index contributed by atoms with van der Waals surface area (Å²) in [5, 5.41) is 6.25. The molecule has 8 heteroatoms. The summed E-state index contributed by atoms with van der Waals surface area (Å²) in [5.74, 6) is 0.110. The van der Waals surface area contributed by atoms with Crippen molar-refractivity contribution in [1.82, 2.24) is 15.3 Å². The minimum absolute atomic E-state index is 0.261. The number of carbonyl (C=O) groups is 2. The quantitative estimate of drug-likeness (QED) is 0.567. The zero-order chi connectivity index (χ0) is 19.1. The Labute approximate surface area is 157 Å². The Bertz CT molecular complexity index is 811. The lowest BCUT2D eigenvalue weighted by Crippen LogP contribution is -2.25. The molecule has 0 aliphatic heterocycles. The molecule has 138 valence electrons. The molecule has 1 aromatic carbocycles. The molecule has 0 saturated carbocycles. The summed E-state index contributed by atoms with van der Waals surface area (Å²) in [6.45, 7) is 4.34. The van der Waals surface area contributed by atoms with E-state index in [1.54, 1.807) is 25.1 Å². The number of anilines is 2.